The number of aliphatic hydroxyl groups excluding tert-OH is 1. The summed E-state index contributed by atoms with van der Waals surface area (Å²) < 4.78 is 34.4. The molecule has 0 fully saturated rings. The summed E-state index contributed by atoms with van der Waals surface area (Å²) in [5.41, 5.74) is 0.368. The number of ether oxygens (including phenoxy) is 5. The Kier molecular flexibility index (Phi) is 5.48. The predicted octanol–water partition coefficient (Wildman–Crippen LogP) is 3.45. The van der Waals surface area contributed by atoms with Gasteiger partial charge in [-0.3, -0.25) is 0 Å². The van der Waals surface area contributed by atoms with Crippen LogP contribution in [0.15, 0.2) is 44.0 Å². The minimum atomic E-state index is -0.768. The molecule has 0 spiro atoms. The summed E-state index contributed by atoms with van der Waals surface area (Å²) in [5.74, 6) is 1.91. The number of aliphatic hydroxyl groups is 1. The highest BCUT2D eigenvalue weighted by Crippen LogP contribution is 2.53. The van der Waals surface area contributed by atoms with Crippen LogP contribution in [0.3, 0.4) is 0 Å². The maximum atomic E-state index is 11.8. The lowest BCUT2D eigenvalue weighted by atomic mass is 10.0. The molecule has 1 aliphatic rings. The second kappa shape index (κ2) is 8.08. The maximum Gasteiger partial charge on any atom is 0.336 e. The highest BCUT2D eigenvalue weighted by Gasteiger charge is 2.38. The highest BCUT2D eigenvalue weighted by molar-refractivity contribution is 9.10. The molecule has 8 nitrogen and oxygen atoms in total. The molecular weight excluding hydrogens is 460 g/mol. The highest BCUT2D eigenvalue weighted by atomic mass is 79.9. The average molecular weight is 479 g/mol. The van der Waals surface area contributed by atoms with E-state index in [0.717, 1.165) is 0 Å². The fourth-order valence-corrected chi connectivity index (χ4v) is 4.10. The smallest absolute Gasteiger partial charge is 0.336 e. The number of benzene rings is 2. The molecule has 158 valence electrons. The molecule has 1 N–H and O–H groups in total. The molecule has 0 bridgehead atoms. The molecule has 2 atom stereocenters. The van der Waals surface area contributed by atoms with Gasteiger partial charge in [0.2, 0.25) is 11.5 Å². The monoisotopic (exact) mass is 478 g/mol. The zero-order chi connectivity index (χ0) is 21.4. The Morgan fingerprint density at radius 1 is 1.00 bits per heavy atom. The maximum absolute atomic E-state index is 11.8. The molecule has 9 heteroatoms. The molecule has 0 amide bonds. The van der Waals surface area contributed by atoms with Crippen molar-refractivity contribution in [2.75, 3.05) is 27.9 Å². The molecule has 0 aliphatic carbocycles. The second-order valence-electron chi connectivity index (χ2n) is 6.49. The van der Waals surface area contributed by atoms with Crippen LogP contribution in [0.2, 0.25) is 0 Å². The normalized spacial score (nSPS) is 17.6. The van der Waals surface area contributed by atoms with Gasteiger partial charge in [-0.2, -0.15) is 0 Å². The van der Waals surface area contributed by atoms with Crippen molar-refractivity contribution in [3.63, 3.8) is 0 Å². The topological polar surface area (TPSA) is 96.6 Å². The Labute approximate surface area is 180 Å². The molecule has 0 saturated heterocycles. The third-order valence-corrected chi connectivity index (χ3v) is 5.65. The van der Waals surface area contributed by atoms with E-state index in [1.54, 1.807) is 31.4 Å². The lowest BCUT2D eigenvalue weighted by Crippen LogP contribution is -2.36. The summed E-state index contributed by atoms with van der Waals surface area (Å²) in [4.78, 5) is 11.8. The van der Waals surface area contributed by atoms with Crippen LogP contribution in [0.1, 0.15) is 11.7 Å². The van der Waals surface area contributed by atoms with Gasteiger partial charge in [0.25, 0.3) is 0 Å². The Balaban J connectivity index is 1.89. The van der Waals surface area contributed by atoms with E-state index in [4.69, 9.17) is 28.1 Å². The van der Waals surface area contributed by atoms with Crippen LogP contribution < -0.4 is 29.3 Å². The van der Waals surface area contributed by atoms with Crippen LogP contribution >= 0.6 is 15.9 Å². The van der Waals surface area contributed by atoms with Crippen molar-refractivity contribution >= 4 is 26.9 Å². The van der Waals surface area contributed by atoms with Crippen molar-refractivity contribution in [2.24, 2.45) is 0 Å². The van der Waals surface area contributed by atoms with Crippen molar-refractivity contribution in [1.29, 1.82) is 0 Å². The number of hydrogen-bond acceptors (Lipinski definition) is 8. The first-order chi connectivity index (χ1) is 14.5. The lowest BCUT2D eigenvalue weighted by molar-refractivity contribution is -0.0136. The van der Waals surface area contributed by atoms with E-state index in [1.807, 2.05) is 0 Å². The summed E-state index contributed by atoms with van der Waals surface area (Å²) in [6, 6.07) is 8.20. The van der Waals surface area contributed by atoms with Crippen LogP contribution in [0, 0.1) is 0 Å². The van der Waals surface area contributed by atoms with Gasteiger partial charge in [-0.25, -0.2) is 4.79 Å². The molecule has 4 rings (SSSR count). The van der Waals surface area contributed by atoms with Crippen LogP contribution in [0.25, 0.3) is 11.0 Å². The van der Waals surface area contributed by atoms with E-state index in [-0.39, 0.29) is 23.7 Å². The zero-order valence-corrected chi connectivity index (χ0v) is 18.0. The van der Waals surface area contributed by atoms with Gasteiger partial charge in [-0.15, -0.1) is 0 Å². The minimum absolute atomic E-state index is 0.193. The Morgan fingerprint density at radius 3 is 2.43 bits per heavy atom. The predicted molar refractivity (Wildman–Crippen MR) is 111 cm³/mol. The van der Waals surface area contributed by atoms with Crippen molar-refractivity contribution < 1.29 is 33.2 Å². The first kappa shape index (κ1) is 20.4. The molecule has 30 heavy (non-hydrogen) atoms. The third-order valence-electron chi connectivity index (χ3n) is 4.86. The number of fused-ring (bicyclic) bond motifs is 3. The van der Waals surface area contributed by atoms with Gasteiger partial charge >= 0.3 is 5.63 Å². The van der Waals surface area contributed by atoms with Crippen LogP contribution in [0.4, 0.5) is 0 Å². The SMILES string of the molecule is COc1ccc([C@H]2Oc3c(OC)c(Br)c4ccc(=O)oc4c3O[C@@H]2CO)cc1OC. The van der Waals surface area contributed by atoms with Crippen molar-refractivity contribution in [3.8, 4) is 28.7 Å². The second-order valence-corrected chi connectivity index (χ2v) is 7.29. The fraction of sp³-hybridized carbons (Fsp3) is 0.286. The summed E-state index contributed by atoms with van der Waals surface area (Å²) in [6.07, 6.45) is -1.45. The minimum Gasteiger partial charge on any atom is -0.493 e. The summed E-state index contributed by atoms with van der Waals surface area (Å²) in [7, 11) is 4.58. The number of hydrogen-bond donors (Lipinski definition) is 1. The van der Waals surface area contributed by atoms with E-state index in [2.05, 4.69) is 15.9 Å². The van der Waals surface area contributed by atoms with Gasteiger partial charge in [0, 0.05) is 17.0 Å². The quantitative estimate of drug-likeness (QED) is 0.556. The van der Waals surface area contributed by atoms with Crippen molar-refractivity contribution in [1.82, 2.24) is 0 Å². The van der Waals surface area contributed by atoms with Gasteiger partial charge in [0.15, 0.2) is 35.0 Å². The van der Waals surface area contributed by atoms with Crippen LogP contribution in [-0.4, -0.2) is 39.1 Å². The molecule has 2 heterocycles. The largest absolute Gasteiger partial charge is 0.493 e. The van der Waals surface area contributed by atoms with E-state index >= 15 is 0 Å². The first-order valence-corrected chi connectivity index (χ1v) is 9.81. The number of halogens is 1. The molecule has 3 aromatic rings. The van der Waals surface area contributed by atoms with Crippen molar-refractivity contribution in [2.45, 2.75) is 12.2 Å². The Hall–Kier alpha value is -2.91. The van der Waals surface area contributed by atoms with E-state index < -0.39 is 17.8 Å². The molecular formula is C21H19BrO8. The average Bonchev–Trinajstić information content (AvgIpc) is 2.78. The number of rotatable bonds is 5. The summed E-state index contributed by atoms with van der Waals surface area (Å²) in [6.45, 7) is -0.338. The van der Waals surface area contributed by atoms with Gasteiger partial charge in [-0.1, -0.05) is 6.07 Å². The molecule has 0 radical (unpaired) electrons. The van der Waals surface area contributed by atoms with Gasteiger partial charge < -0.3 is 33.2 Å². The van der Waals surface area contributed by atoms with Crippen LogP contribution in [0.5, 0.6) is 28.7 Å². The molecule has 1 aliphatic heterocycles. The van der Waals surface area contributed by atoms with E-state index in [9.17, 15) is 9.90 Å². The number of methoxy groups -OCH3 is 3. The molecule has 1 aromatic heterocycles. The Bertz CT molecular complexity index is 1160. The van der Waals surface area contributed by atoms with Gasteiger partial charge in [-0.05, 0) is 34.1 Å². The van der Waals surface area contributed by atoms with Crippen molar-refractivity contribution in [3.05, 3.63) is 50.8 Å². The Morgan fingerprint density at radius 2 is 1.77 bits per heavy atom. The first-order valence-electron chi connectivity index (χ1n) is 9.01. The molecule has 2 aromatic carbocycles. The molecule has 0 unspecified atom stereocenters. The third kappa shape index (κ3) is 3.23. The lowest BCUT2D eigenvalue weighted by Gasteiger charge is -2.34. The van der Waals surface area contributed by atoms with Crippen LogP contribution in [-0.2, 0) is 0 Å². The summed E-state index contributed by atoms with van der Waals surface area (Å²) in [5, 5.41) is 10.6. The fourth-order valence-electron chi connectivity index (χ4n) is 3.44. The van der Waals surface area contributed by atoms with E-state index in [1.165, 1.54) is 20.3 Å². The van der Waals surface area contributed by atoms with Gasteiger partial charge in [0.1, 0.15) is 0 Å². The van der Waals surface area contributed by atoms with Gasteiger partial charge in [0.05, 0.1) is 32.4 Å². The van der Waals surface area contributed by atoms with E-state index in [0.29, 0.717) is 32.7 Å². The molecule has 0 saturated carbocycles. The zero-order valence-electron chi connectivity index (χ0n) is 16.4. The summed E-state index contributed by atoms with van der Waals surface area (Å²) >= 11 is 3.49. The standard InChI is InChI=1S/C21H19BrO8/c1-25-12-6-4-10(8-13(12)26-2)17-14(9-23)28-20-18-11(5-7-15(24)29-18)16(22)19(27-3)21(20)30-17/h4-8,14,17,23H,9H2,1-3H3/t14-,17-/m1/s1.